The van der Waals surface area contributed by atoms with Crippen LogP contribution in [0, 0.1) is 6.92 Å². The third-order valence-corrected chi connectivity index (χ3v) is 4.62. The van der Waals surface area contributed by atoms with Crippen molar-refractivity contribution in [2.45, 2.75) is 6.92 Å². The summed E-state index contributed by atoms with van der Waals surface area (Å²) in [6.45, 7) is 2.04. The zero-order valence-electron chi connectivity index (χ0n) is 10.6. The molecule has 20 heavy (non-hydrogen) atoms. The van der Waals surface area contributed by atoms with Crippen molar-refractivity contribution in [2.24, 2.45) is 0 Å². The van der Waals surface area contributed by atoms with E-state index in [9.17, 15) is 0 Å². The van der Waals surface area contributed by atoms with E-state index in [1.807, 2.05) is 37.3 Å². The third kappa shape index (κ3) is 2.20. The van der Waals surface area contributed by atoms with Gasteiger partial charge in [-0.3, -0.25) is 5.10 Å². The molecule has 2 aromatic heterocycles. The SMILES string of the molecule is Cc1ccccc1-c1c(N)n[nH]c1-c1cc(Cl)sc1Cl. The number of rotatable bonds is 2. The molecule has 0 bridgehead atoms. The fraction of sp³-hybridized carbons (Fsp3) is 0.0714. The summed E-state index contributed by atoms with van der Waals surface area (Å²) in [6, 6.07) is 9.84. The number of thiophene rings is 1. The number of aryl methyl sites for hydroxylation is 1. The minimum atomic E-state index is 0.452. The highest BCUT2D eigenvalue weighted by Crippen LogP contribution is 2.43. The molecule has 0 aliphatic rings. The first-order valence-electron chi connectivity index (χ1n) is 5.93. The van der Waals surface area contributed by atoms with E-state index < -0.39 is 0 Å². The van der Waals surface area contributed by atoms with Crippen LogP contribution in [-0.4, -0.2) is 10.2 Å². The Kier molecular flexibility index (Phi) is 3.46. The van der Waals surface area contributed by atoms with Crippen molar-refractivity contribution in [2.75, 3.05) is 5.73 Å². The van der Waals surface area contributed by atoms with E-state index in [4.69, 9.17) is 28.9 Å². The lowest BCUT2D eigenvalue weighted by molar-refractivity contribution is 1.10. The van der Waals surface area contributed by atoms with Crippen molar-refractivity contribution in [3.8, 4) is 22.4 Å². The molecule has 6 heteroatoms. The van der Waals surface area contributed by atoms with Gasteiger partial charge in [0.25, 0.3) is 0 Å². The lowest BCUT2D eigenvalue weighted by Gasteiger charge is -2.07. The Morgan fingerprint density at radius 1 is 1.20 bits per heavy atom. The molecule has 3 aromatic rings. The average Bonchev–Trinajstić information content (AvgIpc) is 2.93. The van der Waals surface area contributed by atoms with Crippen LogP contribution in [0.4, 0.5) is 5.82 Å². The predicted molar refractivity (Wildman–Crippen MR) is 86.5 cm³/mol. The number of hydrogen-bond acceptors (Lipinski definition) is 3. The highest BCUT2D eigenvalue weighted by molar-refractivity contribution is 7.20. The Balaban J connectivity index is 2.26. The molecule has 0 atom stereocenters. The average molecular weight is 324 g/mol. The summed E-state index contributed by atoms with van der Waals surface area (Å²) >= 11 is 13.6. The monoisotopic (exact) mass is 323 g/mol. The summed E-state index contributed by atoms with van der Waals surface area (Å²) in [6.07, 6.45) is 0. The van der Waals surface area contributed by atoms with E-state index in [0.29, 0.717) is 14.5 Å². The molecule has 0 spiro atoms. The molecule has 0 saturated carbocycles. The first kappa shape index (κ1) is 13.5. The Labute approximate surface area is 130 Å². The highest BCUT2D eigenvalue weighted by atomic mass is 35.5. The third-order valence-electron chi connectivity index (χ3n) is 3.13. The molecule has 0 amide bonds. The molecule has 0 aliphatic carbocycles. The zero-order chi connectivity index (χ0) is 14.3. The van der Waals surface area contributed by atoms with Crippen molar-refractivity contribution < 1.29 is 0 Å². The molecule has 3 nitrogen and oxygen atoms in total. The fourth-order valence-electron chi connectivity index (χ4n) is 2.19. The maximum atomic E-state index is 6.23. The molecule has 0 radical (unpaired) electrons. The molecule has 3 N–H and O–H groups in total. The van der Waals surface area contributed by atoms with E-state index in [2.05, 4.69) is 10.2 Å². The van der Waals surface area contributed by atoms with Gasteiger partial charge in [-0.2, -0.15) is 5.10 Å². The van der Waals surface area contributed by atoms with Crippen LogP contribution in [0.25, 0.3) is 22.4 Å². The van der Waals surface area contributed by atoms with Crippen molar-refractivity contribution in [3.05, 3.63) is 44.6 Å². The molecule has 102 valence electrons. The van der Waals surface area contributed by atoms with E-state index in [-0.39, 0.29) is 0 Å². The summed E-state index contributed by atoms with van der Waals surface area (Å²) in [7, 11) is 0. The quantitative estimate of drug-likeness (QED) is 0.697. The number of aromatic amines is 1. The molecule has 3 rings (SSSR count). The van der Waals surface area contributed by atoms with E-state index in [0.717, 1.165) is 27.9 Å². The Morgan fingerprint density at radius 2 is 1.95 bits per heavy atom. The fourth-order valence-corrected chi connectivity index (χ4v) is 3.66. The summed E-state index contributed by atoms with van der Waals surface area (Å²) in [4.78, 5) is 0. The smallest absolute Gasteiger partial charge is 0.153 e. The second-order valence-electron chi connectivity index (χ2n) is 4.41. The number of benzene rings is 1. The van der Waals surface area contributed by atoms with Crippen LogP contribution < -0.4 is 5.73 Å². The van der Waals surface area contributed by atoms with Crippen molar-refractivity contribution in [1.82, 2.24) is 10.2 Å². The van der Waals surface area contributed by atoms with Gasteiger partial charge in [-0.1, -0.05) is 47.5 Å². The standard InChI is InChI=1S/C14H11Cl2N3S/c1-7-4-2-3-5-8(7)11-12(18-19-14(11)17)9-6-10(15)20-13(9)16/h2-6H,1H3,(H3,17,18,19). The number of halogens is 2. The Bertz CT molecular complexity index is 777. The highest BCUT2D eigenvalue weighted by Gasteiger charge is 2.19. The van der Waals surface area contributed by atoms with Gasteiger partial charge in [0.1, 0.15) is 4.34 Å². The van der Waals surface area contributed by atoms with Gasteiger partial charge in [0.05, 0.1) is 15.6 Å². The Morgan fingerprint density at radius 3 is 2.60 bits per heavy atom. The van der Waals surface area contributed by atoms with Gasteiger partial charge >= 0.3 is 0 Å². The van der Waals surface area contributed by atoms with Gasteiger partial charge in [0, 0.05) is 5.56 Å². The van der Waals surface area contributed by atoms with Crippen molar-refractivity contribution >= 4 is 40.4 Å². The molecular weight excluding hydrogens is 313 g/mol. The topological polar surface area (TPSA) is 54.7 Å². The number of hydrogen-bond donors (Lipinski definition) is 2. The van der Waals surface area contributed by atoms with E-state index in [1.165, 1.54) is 11.3 Å². The van der Waals surface area contributed by atoms with Gasteiger partial charge in [-0.25, -0.2) is 0 Å². The van der Waals surface area contributed by atoms with Gasteiger partial charge in [0.15, 0.2) is 5.82 Å². The number of nitrogens with two attached hydrogens (primary N) is 1. The summed E-state index contributed by atoms with van der Waals surface area (Å²) in [5.41, 5.74) is 10.7. The molecule has 2 heterocycles. The molecule has 0 fully saturated rings. The predicted octanol–water partition coefficient (Wildman–Crippen LogP) is 5.00. The number of nitrogen functional groups attached to an aromatic ring is 1. The van der Waals surface area contributed by atoms with Gasteiger partial charge in [0.2, 0.25) is 0 Å². The van der Waals surface area contributed by atoms with Gasteiger partial charge < -0.3 is 5.73 Å². The maximum absolute atomic E-state index is 6.23. The summed E-state index contributed by atoms with van der Waals surface area (Å²) in [5, 5.41) is 7.08. The van der Waals surface area contributed by atoms with Crippen LogP contribution >= 0.6 is 34.5 Å². The number of H-pyrrole nitrogens is 1. The van der Waals surface area contributed by atoms with Gasteiger partial charge in [-0.15, -0.1) is 11.3 Å². The number of nitrogens with one attached hydrogen (secondary N) is 1. The van der Waals surface area contributed by atoms with Crippen molar-refractivity contribution in [3.63, 3.8) is 0 Å². The molecule has 1 aromatic carbocycles. The van der Waals surface area contributed by atoms with Crippen LogP contribution in [0.2, 0.25) is 8.67 Å². The maximum Gasteiger partial charge on any atom is 0.153 e. The molecule has 0 saturated heterocycles. The minimum absolute atomic E-state index is 0.452. The molecular formula is C14H11Cl2N3S. The van der Waals surface area contributed by atoms with Gasteiger partial charge in [-0.05, 0) is 24.1 Å². The van der Waals surface area contributed by atoms with Crippen LogP contribution in [0.15, 0.2) is 30.3 Å². The zero-order valence-corrected chi connectivity index (χ0v) is 12.9. The van der Waals surface area contributed by atoms with E-state index in [1.54, 1.807) is 0 Å². The van der Waals surface area contributed by atoms with Crippen LogP contribution in [0.1, 0.15) is 5.56 Å². The lowest BCUT2D eigenvalue weighted by Crippen LogP contribution is -1.90. The van der Waals surface area contributed by atoms with Crippen LogP contribution in [0.3, 0.4) is 0 Å². The summed E-state index contributed by atoms with van der Waals surface area (Å²) < 4.78 is 1.25. The first-order chi connectivity index (χ1) is 9.58. The van der Waals surface area contributed by atoms with Crippen LogP contribution in [0.5, 0.6) is 0 Å². The summed E-state index contributed by atoms with van der Waals surface area (Å²) in [5.74, 6) is 0.452. The second kappa shape index (κ2) is 5.13. The van der Waals surface area contributed by atoms with E-state index >= 15 is 0 Å². The first-order valence-corrected chi connectivity index (χ1v) is 7.50. The minimum Gasteiger partial charge on any atom is -0.382 e. The Hall–Kier alpha value is -1.49. The number of anilines is 1. The van der Waals surface area contributed by atoms with Crippen LogP contribution in [-0.2, 0) is 0 Å². The molecule has 0 aliphatic heterocycles. The largest absolute Gasteiger partial charge is 0.382 e. The van der Waals surface area contributed by atoms with Crippen molar-refractivity contribution in [1.29, 1.82) is 0 Å². The number of aromatic nitrogens is 2. The molecule has 0 unspecified atom stereocenters. The lowest BCUT2D eigenvalue weighted by atomic mass is 9.98. The normalized spacial score (nSPS) is 10.9. The second-order valence-corrected chi connectivity index (χ2v) is 6.70. The number of nitrogens with zero attached hydrogens (tertiary/aromatic N) is 1.